The van der Waals surface area contributed by atoms with Crippen LogP contribution in [0.5, 0.6) is 0 Å². The van der Waals surface area contributed by atoms with Crippen molar-refractivity contribution < 1.29 is 13.6 Å². The fraction of sp³-hybridized carbons (Fsp3) is 0.423. The number of nitrogens with zero attached hydrogens (tertiary/aromatic N) is 5. The molecule has 0 radical (unpaired) electrons. The van der Waals surface area contributed by atoms with Crippen molar-refractivity contribution in [3.63, 3.8) is 0 Å². The van der Waals surface area contributed by atoms with Gasteiger partial charge in [0.05, 0.1) is 11.2 Å². The Labute approximate surface area is 200 Å². The standard InChI is InChI=1S/C26H26F2N6O/c1-32-23-17(27)8-16(26(35)34-12-15-4-6-19(34)22(15)29)9-18(23)30-25(32)20-10-14-5-7-21(28)31-24(14)33(20)11-13-2-3-13/h5,7-10,13,15,19,22H,2-4,6,11-12,29H2,1H3/t15-,19-,22-/m1/s1. The highest BCUT2D eigenvalue weighted by Gasteiger charge is 2.47. The molecule has 3 aliphatic rings. The van der Waals surface area contributed by atoms with E-state index in [9.17, 15) is 9.18 Å². The van der Waals surface area contributed by atoms with E-state index in [2.05, 4.69) is 4.98 Å². The van der Waals surface area contributed by atoms with E-state index in [1.54, 1.807) is 28.6 Å². The van der Waals surface area contributed by atoms with Crippen LogP contribution in [0.3, 0.4) is 0 Å². The first-order valence-corrected chi connectivity index (χ1v) is 12.3. The van der Waals surface area contributed by atoms with Gasteiger partial charge in [-0.25, -0.2) is 14.4 Å². The molecule has 3 atom stereocenters. The van der Waals surface area contributed by atoms with Crippen molar-refractivity contribution in [2.24, 2.45) is 24.6 Å². The van der Waals surface area contributed by atoms with E-state index in [-0.39, 0.29) is 18.0 Å². The molecule has 2 aliphatic carbocycles. The van der Waals surface area contributed by atoms with Crippen molar-refractivity contribution in [2.75, 3.05) is 6.54 Å². The molecular weight excluding hydrogens is 450 g/mol. The van der Waals surface area contributed by atoms with E-state index in [4.69, 9.17) is 10.7 Å². The second kappa shape index (κ2) is 7.34. The molecule has 3 aromatic heterocycles. The lowest BCUT2D eigenvalue weighted by Crippen LogP contribution is -2.41. The van der Waals surface area contributed by atoms with E-state index in [0.717, 1.165) is 36.8 Å². The Bertz CT molecular complexity index is 1520. The molecule has 3 fully saturated rings. The Morgan fingerprint density at radius 1 is 1.11 bits per heavy atom. The second-order valence-corrected chi connectivity index (χ2v) is 10.4. The van der Waals surface area contributed by atoms with E-state index in [1.807, 2.05) is 10.6 Å². The van der Waals surface area contributed by atoms with Gasteiger partial charge in [0.2, 0.25) is 5.95 Å². The summed E-state index contributed by atoms with van der Waals surface area (Å²) in [5, 5.41) is 0.811. The largest absolute Gasteiger partial charge is 0.334 e. The van der Waals surface area contributed by atoms with Gasteiger partial charge in [0, 0.05) is 43.2 Å². The van der Waals surface area contributed by atoms with Gasteiger partial charge in [-0.1, -0.05) is 0 Å². The molecule has 1 amide bonds. The summed E-state index contributed by atoms with van der Waals surface area (Å²) in [6.45, 7) is 1.34. The number of nitrogens with two attached hydrogens (primary N) is 1. The predicted molar refractivity (Wildman–Crippen MR) is 128 cm³/mol. The predicted octanol–water partition coefficient (Wildman–Crippen LogP) is 3.84. The highest BCUT2D eigenvalue weighted by molar-refractivity contribution is 5.98. The van der Waals surface area contributed by atoms with Crippen LogP contribution in [0.15, 0.2) is 30.3 Å². The number of hydrogen-bond donors (Lipinski definition) is 1. The molecule has 1 aromatic carbocycles. The Morgan fingerprint density at radius 3 is 2.66 bits per heavy atom. The summed E-state index contributed by atoms with van der Waals surface area (Å²) in [5.74, 6) is 0.189. The van der Waals surface area contributed by atoms with Crippen LogP contribution in [-0.4, -0.2) is 48.5 Å². The molecule has 1 aliphatic heterocycles. The van der Waals surface area contributed by atoms with Crippen LogP contribution in [-0.2, 0) is 13.6 Å². The van der Waals surface area contributed by atoms with Crippen molar-refractivity contribution in [3.05, 3.63) is 47.7 Å². The van der Waals surface area contributed by atoms with Gasteiger partial charge >= 0.3 is 0 Å². The average Bonchev–Trinajstić information content (AvgIpc) is 3.25. The van der Waals surface area contributed by atoms with Crippen LogP contribution < -0.4 is 5.73 Å². The van der Waals surface area contributed by atoms with Gasteiger partial charge < -0.3 is 19.8 Å². The number of halogens is 2. The number of benzene rings is 1. The molecule has 0 unspecified atom stereocenters. The molecule has 4 aromatic rings. The van der Waals surface area contributed by atoms with Crippen molar-refractivity contribution in [1.29, 1.82) is 0 Å². The lowest BCUT2D eigenvalue weighted by Gasteiger charge is -2.27. The van der Waals surface area contributed by atoms with Crippen LogP contribution >= 0.6 is 0 Å². The first-order valence-electron chi connectivity index (χ1n) is 12.3. The van der Waals surface area contributed by atoms with E-state index < -0.39 is 11.8 Å². The number of pyridine rings is 1. The van der Waals surface area contributed by atoms with Gasteiger partial charge in [0.1, 0.15) is 17.0 Å². The highest BCUT2D eigenvalue weighted by atomic mass is 19.1. The van der Waals surface area contributed by atoms with Crippen LogP contribution in [0, 0.1) is 23.6 Å². The minimum atomic E-state index is -0.534. The maximum absolute atomic E-state index is 15.4. The number of fused-ring (bicyclic) bond motifs is 4. The Morgan fingerprint density at radius 2 is 1.94 bits per heavy atom. The Balaban J connectivity index is 1.34. The van der Waals surface area contributed by atoms with Crippen molar-refractivity contribution in [3.8, 4) is 11.5 Å². The van der Waals surface area contributed by atoms with Crippen LogP contribution in [0.2, 0.25) is 0 Å². The van der Waals surface area contributed by atoms with E-state index in [0.29, 0.717) is 53.0 Å². The van der Waals surface area contributed by atoms with Crippen molar-refractivity contribution in [2.45, 2.75) is 44.3 Å². The molecule has 9 heteroatoms. The van der Waals surface area contributed by atoms with Crippen LogP contribution in [0.25, 0.3) is 33.6 Å². The number of imidazole rings is 1. The summed E-state index contributed by atoms with van der Waals surface area (Å²) in [7, 11) is 1.76. The fourth-order valence-corrected chi connectivity index (χ4v) is 6.13. The summed E-state index contributed by atoms with van der Waals surface area (Å²) in [6.07, 6.45) is 4.19. The van der Waals surface area contributed by atoms with Crippen LogP contribution in [0.4, 0.5) is 8.78 Å². The monoisotopic (exact) mass is 476 g/mol. The van der Waals surface area contributed by atoms with Gasteiger partial charge in [-0.15, -0.1) is 0 Å². The second-order valence-electron chi connectivity index (χ2n) is 10.4. The lowest BCUT2D eigenvalue weighted by atomic mass is 10.1. The molecule has 2 saturated carbocycles. The molecule has 7 rings (SSSR count). The Hall–Kier alpha value is -3.33. The first kappa shape index (κ1) is 21.0. The minimum Gasteiger partial charge on any atom is -0.334 e. The molecule has 0 spiro atoms. The van der Waals surface area contributed by atoms with Gasteiger partial charge in [0.15, 0.2) is 5.82 Å². The third-order valence-corrected chi connectivity index (χ3v) is 8.16. The molecule has 7 nitrogen and oxygen atoms in total. The van der Waals surface area contributed by atoms with Gasteiger partial charge in [-0.2, -0.15) is 4.39 Å². The Kier molecular flexibility index (Phi) is 4.40. The SMILES string of the molecule is Cn1c(-c2cc3ccc(F)nc3n2CC2CC2)nc2cc(C(=O)N3C[C@H]4CC[C@@H]3[C@@H]4N)cc(F)c21. The fourth-order valence-electron chi connectivity index (χ4n) is 6.13. The normalized spacial score (nSPS) is 23.8. The molecule has 1 saturated heterocycles. The average molecular weight is 477 g/mol. The van der Waals surface area contributed by atoms with E-state index >= 15 is 4.39 Å². The molecule has 2 bridgehead atoms. The summed E-state index contributed by atoms with van der Waals surface area (Å²) >= 11 is 0. The van der Waals surface area contributed by atoms with Gasteiger partial charge in [0.25, 0.3) is 5.91 Å². The van der Waals surface area contributed by atoms with E-state index in [1.165, 1.54) is 12.1 Å². The zero-order valence-electron chi connectivity index (χ0n) is 19.4. The molecule has 2 N–H and O–H groups in total. The number of carbonyl (C=O) groups is 1. The number of aromatic nitrogens is 4. The van der Waals surface area contributed by atoms with Crippen molar-refractivity contribution >= 4 is 28.0 Å². The van der Waals surface area contributed by atoms with Crippen molar-refractivity contribution in [1.82, 2.24) is 24.0 Å². The summed E-state index contributed by atoms with van der Waals surface area (Å²) in [6, 6.07) is 7.99. The molecule has 4 heterocycles. The minimum absolute atomic E-state index is 0.000754. The summed E-state index contributed by atoms with van der Waals surface area (Å²) in [4.78, 5) is 24.0. The smallest absolute Gasteiger partial charge is 0.254 e. The zero-order chi connectivity index (χ0) is 24.0. The summed E-state index contributed by atoms with van der Waals surface area (Å²) < 4.78 is 33.1. The number of amides is 1. The first-order chi connectivity index (χ1) is 16.9. The number of carbonyl (C=O) groups excluding carboxylic acids is 1. The number of likely N-dealkylation sites (tertiary alicyclic amines) is 1. The van der Waals surface area contributed by atoms with Gasteiger partial charge in [-0.05, 0) is 67.9 Å². The third-order valence-electron chi connectivity index (χ3n) is 8.16. The topological polar surface area (TPSA) is 82.0 Å². The zero-order valence-corrected chi connectivity index (χ0v) is 19.4. The number of hydrogen-bond acceptors (Lipinski definition) is 4. The molecule has 35 heavy (non-hydrogen) atoms. The molecule has 180 valence electrons. The maximum atomic E-state index is 15.4. The van der Waals surface area contributed by atoms with Crippen LogP contribution in [0.1, 0.15) is 36.0 Å². The quantitative estimate of drug-likeness (QED) is 0.454. The number of rotatable bonds is 4. The number of aryl methyl sites for hydroxylation is 1. The molecular formula is C26H26F2N6O. The maximum Gasteiger partial charge on any atom is 0.254 e. The third kappa shape index (κ3) is 3.14. The number of piperidine rings is 1. The van der Waals surface area contributed by atoms with Gasteiger partial charge in [-0.3, -0.25) is 4.79 Å². The summed E-state index contributed by atoms with van der Waals surface area (Å²) in [5.41, 5.74) is 8.65. The highest BCUT2D eigenvalue weighted by Crippen LogP contribution is 2.39. The lowest BCUT2D eigenvalue weighted by molar-refractivity contribution is 0.0700.